The number of halogens is 1. The standard InChI is InChI=1S/C13H13BrN2O2S/c1-9-7-12(3-4-13(9)14)19(17,18)16-11-5-6-15-10(2)8-11/h3-8H,1-2H3,(H,15,16). The first-order valence-electron chi connectivity index (χ1n) is 5.60. The van der Waals surface area contributed by atoms with Crippen LogP contribution in [-0.2, 0) is 10.0 Å². The third-order valence-corrected chi connectivity index (χ3v) is 4.86. The van der Waals surface area contributed by atoms with Gasteiger partial charge in [0.1, 0.15) is 0 Å². The Bertz CT molecular complexity index is 714. The molecule has 2 rings (SSSR count). The summed E-state index contributed by atoms with van der Waals surface area (Å²) in [5.74, 6) is 0. The third kappa shape index (κ3) is 3.33. The smallest absolute Gasteiger partial charge is 0.261 e. The molecule has 0 saturated carbocycles. The van der Waals surface area contributed by atoms with Crippen molar-refractivity contribution in [2.75, 3.05) is 4.72 Å². The fourth-order valence-electron chi connectivity index (χ4n) is 1.61. The van der Waals surface area contributed by atoms with Gasteiger partial charge in [0.05, 0.1) is 10.6 Å². The van der Waals surface area contributed by atoms with E-state index in [0.717, 1.165) is 15.7 Å². The summed E-state index contributed by atoms with van der Waals surface area (Å²) < 4.78 is 27.9. The largest absolute Gasteiger partial charge is 0.280 e. The minimum absolute atomic E-state index is 0.239. The number of nitrogens with zero attached hydrogens (tertiary/aromatic N) is 1. The van der Waals surface area contributed by atoms with E-state index >= 15 is 0 Å². The summed E-state index contributed by atoms with van der Waals surface area (Å²) in [5.41, 5.74) is 2.13. The van der Waals surface area contributed by atoms with E-state index in [1.54, 1.807) is 36.5 Å². The van der Waals surface area contributed by atoms with Gasteiger partial charge in [-0.25, -0.2) is 8.42 Å². The predicted molar refractivity (Wildman–Crippen MR) is 78.7 cm³/mol. The second-order valence-corrected chi connectivity index (χ2v) is 6.74. The summed E-state index contributed by atoms with van der Waals surface area (Å²) in [6.07, 6.45) is 1.57. The van der Waals surface area contributed by atoms with Gasteiger partial charge in [-0.1, -0.05) is 15.9 Å². The highest BCUT2D eigenvalue weighted by molar-refractivity contribution is 9.10. The van der Waals surface area contributed by atoms with Crippen molar-refractivity contribution >= 4 is 31.6 Å². The normalized spacial score (nSPS) is 11.3. The number of anilines is 1. The number of sulfonamides is 1. The second-order valence-electron chi connectivity index (χ2n) is 4.20. The van der Waals surface area contributed by atoms with Crippen LogP contribution in [-0.4, -0.2) is 13.4 Å². The van der Waals surface area contributed by atoms with E-state index in [9.17, 15) is 8.42 Å². The van der Waals surface area contributed by atoms with Crippen molar-refractivity contribution in [3.63, 3.8) is 0 Å². The molecule has 0 atom stereocenters. The molecule has 0 saturated heterocycles. The van der Waals surface area contributed by atoms with Crippen LogP contribution in [0.1, 0.15) is 11.3 Å². The Kier molecular flexibility index (Phi) is 3.91. The lowest BCUT2D eigenvalue weighted by molar-refractivity contribution is 0.601. The van der Waals surface area contributed by atoms with E-state index < -0.39 is 10.0 Å². The van der Waals surface area contributed by atoms with Gasteiger partial charge in [0.15, 0.2) is 0 Å². The molecule has 0 aliphatic carbocycles. The third-order valence-electron chi connectivity index (χ3n) is 2.59. The van der Waals surface area contributed by atoms with Crippen molar-refractivity contribution in [1.29, 1.82) is 0 Å². The van der Waals surface area contributed by atoms with Gasteiger partial charge in [-0.15, -0.1) is 0 Å². The lowest BCUT2D eigenvalue weighted by Gasteiger charge is -2.09. The number of benzene rings is 1. The number of pyridine rings is 1. The summed E-state index contributed by atoms with van der Waals surface area (Å²) in [4.78, 5) is 4.27. The van der Waals surface area contributed by atoms with E-state index in [2.05, 4.69) is 25.6 Å². The second kappa shape index (κ2) is 5.30. The molecule has 0 bridgehead atoms. The van der Waals surface area contributed by atoms with Crippen LogP contribution in [0.25, 0.3) is 0 Å². The summed E-state index contributed by atoms with van der Waals surface area (Å²) in [6.45, 7) is 3.65. The number of aryl methyl sites for hydroxylation is 2. The van der Waals surface area contributed by atoms with Crippen molar-refractivity contribution in [3.05, 3.63) is 52.3 Å². The van der Waals surface area contributed by atoms with E-state index in [1.807, 2.05) is 13.8 Å². The van der Waals surface area contributed by atoms with Gasteiger partial charge >= 0.3 is 0 Å². The van der Waals surface area contributed by atoms with Crippen LogP contribution in [0.2, 0.25) is 0 Å². The molecular formula is C13H13BrN2O2S. The number of aromatic nitrogens is 1. The Labute approximate surface area is 121 Å². The molecule has 6 heteroatoms. The van der Waals surface area contributed by atoms with E-state index in [-0.39, 0.29) is 4.90 Å². The SMILES string of the molecule is Cc1cc(NS(=O)(=O)c2ccc(Br)c(C)c2)ccn1. The van der Waals surface area contributed by atoms with Gasteiger partial charge in [-0.2, -0.15) is 0 Å². The van der Waals surface area contributed by atoms with E-state index in [0.29, 0.717) is 5.69 Å². The number of hydrogen-bond donors (Lipinski definition) is 1. The molecule has 1 N–H and O–H groups in total. The summed E-state index contributed by atoms with van der Waals surface area (Å²) >= 11 is 3.35. The Morgan fingerprint density at radius 2 is 1.89 bits per heavy atom. The minimum atomic E-state index is -3.57. The zero-order chi connectivity index (χ0) is 14.0. The molecule has 100 valence electrons. The zero-order valence-electron chi connectivity index (χ0n) is 10.5. The van der Waals surface area contributed by atoms with Crippen molar-refractivity contribution in [2.45, 2.75) is 18.7 Å². The van der Waals surface area contributed by atoms with Crippen LogP contribution in [0.15, 0.2) is 45.9 Å². The molecule has 0 amide bonds. The van der Waals surface area contributed by atoms with E-state index in [1.165, 1.54) is 0 Å². The predicted octanol–water partition coefficient (Wildman–Crippen LogP) is 3.26. The molecule has 1 aromatic carbocycles. The van der Waals surface area contributed by atoms with Gasteiger partial charge in [0.25, 0.3) is 10.0 Å². The molecule has 0 aliphatic rings. The Balaban J connectivity index is 2.35. The molecular weight excluding hydrogens is 328 g/mol. The fourth-order valence-corrected chi connectivity index (χ4v) is 2.99. The monoisotopic (exact) mass is 340 g/mol. The van der Waals surface area contributed by atoms with E-state index in [4.69, 9.17) is 0 Å². The molecule has 4 nitrogen and oxygen atoms in total. The highest BCUT2D eigenvalue weighted by Gasteiger charge is 2.15. The maximum atomic E-state index is 12.2. The van der Waals surface area contributed by atoms with Crippen molar-refractivity contribution in [3.8, 4) is 0 Å². The van der Waals surface area contributed by atoms with Crippen molar-refractivity contribution < 1.29 is 8.42 Å². The van der Waals surface area contributed by atoms with Crippen LogP contribution in [0.3, 0.4) is 0 Å². The first-order valence-corrected chi connectivity index (χ1v) is 7.88. The lowest BCUT2D eigenvalue weighted by Crippen LogP contribution is -2.13. The number of hydrogen-bond acceptors (Lipinski definition) is 3. The van der Waals surface area contributed by atoms with Crippen LogP contribution in [0.5, 0.6) is 0 Å². The maximum Gasteiger partial charge on any atom is 0.261 e. The Morgan fingerprint density at radius 1 is 1.16 bits per heavy atom. The van der Waals surface area contributed by atoms with Crippen LogP contribution < -0.4 is 4.72 Å². The molecule has 0 fully saturated rings. The quantitative estimate of drug-likeness (QED) is 0.932. The average Bonchev–Trinajstić information content (AvgIpc) is 2.32. The lowest BCUT2D eigenvalue weighted by atomic mass is 10.2. The number of rotatable bonds is 3. The molecule has 1 aromatic heterocycles. The molecule has 0 radical (unpaired) electrons. The topological polar surface area (TPSA) is 59.1 Å². The molecule has 1 heterocycles. The van der Waals surface area contributed by atoms with Crippen molar-refractivity contribution in [1.82, 2.24) is 4.98 Å². The van der Waals surface area contributed by atoms with Gasteiger partial charge in [-0.3, -0.25) is 9.71 Å². The molecule has 0 unspecified atom stereocenters. The molecule has 2 aromatic rings. The van der Waals surface area contributed by atoms with Crippen LogP contribution in [0.4, 0.5) is 5.69 Å². The molecule has 0 aliphatic heterocycles. The summed E-state index contributed by atoms with van der Waals surface area (Å²) in [5, 5.41) is 0. The van der Waals surface area contributed by atoms with Crippen molar-refractivity contribution in [2.24, 2.45) is 0 Å². The Hall–Kier alpha value is -1.40. The van der Waals surface area contributed by atoms with Gasteiger partial charge in [0.2, 0.25) is 0 Å². The summed E-state index contributed by atoms with van der Waals surface area (Å²) in [6, 6.07) is 8.22. The van der Waals surface area contributed by atoms with Crippen LogP contribution in [0, 0.1) is 13.8 Å². The highest BCUT2D eigenvalue weighted by Crippen LogP contribution is 2.22. The zero-order valence-corrected chi connectivity index (χ0v) is 12.9. The highest BCUT2D eigenvalue weighted by atomic mass is 79.9. The van der Waals surface area contributed by atoms with Gasteiger partial charge in [-0.05, 0) is 49.7 Å². The van der Waals surface area contributed by atoms with Gasteiger partial charge < -0.3 is 0 Å². The minimum Gasteiger partial charge on any atom is -0.280 e. The number of nitrogens with one attached hydrogen (secondary N) is 1. The van der Waals surface area contributed by atoms with Crippen LogP contribution >= 0.6 is 15.9 Å². The first kappa shape index (κ1) is 14.0. The Morgan fingerprint density at radius 3 is 2.53 bits per heavy atom. The molecule has 0 spiro atoms. The fraction of sp³-hybridized carbons (Fsp3) is 0.154. The maximum absolute atomic E-state index is 12.2. The first-order chi connectivity index (χ1) is 8.88. The summed E-state index contributed by atoms with van der Waals surface area (Å²) in [7, 11) is -3.57. The average molecular weight is 341 g/mol. The molecule has 19 heavy (non-hydrogen) atoms. The van der Waals surface area contributed by atoms with Gasteiger partial charge in [0, 0.05) is 16.4 Å².